The highest BCUT2D eigenvalue weighted by molar-refractivity contribution is 6.02. The fourth-order valence-corrected chi connectivity index (χ4v) is 3.45. The normalized spacial score (nSPS) is 11.5. The van der Waals surface area contributed by atoms with Crippen LogP contribution in [0.1, 0.15) is 21.7 Å². The number of guanidine groups is 1. The summed E-state index contributed by atoms with van der Waals surface area (Å²) >= 11 is 0. The van der Waals surface area contributed by atoms with Crippen molar-refractivity contribution < 1.29 is 13.6 Å². The Morgan fingerprint density at radius 2 is 2.03 bits per heavy atom. The fourth-order valence-electron chi connectivity index (χ4n) is 3.45. The van der Waals surface area contributed by atoms with Gasteiger partial charge in [-0.2, -0.15) is 0 Å². The molecule has 1 amide bonds. The van der Waals surface area contributed by atoms with Gasteiger partial charge in [0.2, 0.25) is 0 Å². The minimum absolute atomic E-state index is 0.252. The van der Waals surface area contributed by atoms with Crippen LogP contribution in [-0.2, 0) is 13.0 Å². The minimum Gasteiger partial charge on any atom is -0.459 e. The molecule has 4 rings (SSSR count). The molecule has 7 nitrogen and oxygen atoms in total. The zero-order valence-corrected chi connectivity index (χ0v) is 17.6. The smallest absolute Gasteiger partial charge is 0.291 e. The molecule has 0 fully saturated rings. The molecule has 164 valence electrons. The number of aliphatic imine (C=N–C) groups is 1. The number of rotatable bonds is 7. The molecule has 0 atom stereocenters. The van der Waals surface area contributed by atoms with E-state index in [-0.39, 0.29) is 17.5 Å². The molecule has 0 aliphatic carbocycles. The number of aromatic nitrogens is 1. The molecule has 0 aliphatic heterocycles. The maximum Gasteiger partial charge on any atom is 0.291 e. The van der Waals surface area contributed by atoms with Crippen LogP contribution in [0.2, 0.25) is 0 Å². The van der Waals surface area contributed by atoms with E-state index >= 15 is 0 Å². The molecule has 4 aromatic rings. The first kappa shape index (κ1) is 21.2. The van der Waals surface area contributed by atoms with Crippen LogP contribution < -0.4 is 16.0 Å². The van der Waals surface area contributed by atoms with E-state index in [9.17, 15) is 9.18 Å². The predicted molar refractivity (Wildman–Crippen MR) is 123 cm³/mol. The number of aromatic amines is 1. The summed E-state index contributed by atoms with van der Waals surface area (Å²) in [6, 6.07) is 15.6. The Morgan fingerprint density at radius 1 is 1.12 bits per heavy atom. The number of amides is 1. The van der Waals surface area contributed by atoms with E-state index in [1.54, 1.807) is 25.2 Å². The average molecular weight is 433 g/mol. The van der Waals surface area contributed by atoms with Gasteiger partial charge in [0.25, 0.3) is 5.91 Å². The predicted octanol–water partition coefficient (Wildman–Crippen LogP) is 4.06. The van der Waals surface area contributed by atoms with Crippen LogP contribution in [-0.4, -0.2) is 30.4 Å². The molecule has 4 N–H and O–H groups in total. The summed E-state index contributed by atoms with van der Waals surface area (Å²) in [7, 11) is 1.71. The van der Waals surface area contributed by atoms with Crippen LogP contribution >= 0.6 is 0 Å². The highest BCUT2D eigenvalue weighted by Gasteiger charge is 2.09. The molecule has 2 aromatic carbocycles. The molecular formula is C24H24FN5O2. The summed E-state index contributed by atoms with van der Waals surface area (Å²) in [6.07, 6.45) is 4.14. The van der Waals surface area contributed by atoms with Gasteiger partial charge in [0.05, 0.1) is 6.26 Å². The topological polar surface area (TPSA) is 94.5 Å². The number of carbonyl (C=O) groups is 1. The first-order valence-electron chi connectivity index (χ1n) is 10.3. The molecule has 0 bridgehead atoms. The molecule has 0 radical (unpaired) electrons. The highest BCUT2D eigenvalue weighted by atomic mass is 19.1. The van der Waals surface area contributed by atoms with Crippen LogP contribution in [0.5, 0.6) is 0 Å². The number of hydrogen-bond acceptors (Lipinski definition) is 3. The number of carbonyl (C=O) groups excluding carboxylic acids is 1. The Hall–Kier alpha value is -4.07. The van der Waals surface area contributed by atoms with Crippen molar-refractivity contribution in [3.63, 3.8) is 0 Å². The van der Waals surface area contributed by atoms with Gasteiger partial charge in [0.15, 0.2) is 11.7 Å². The SMILES string of the molecule is CN=C(NCCc1c[nH]c2cc(F)ccc12)NCc1cccc(NC(=O)c2ccco2)c1. The van der Waals surface area contributed by atoms with Crippen molar-refractivity contribution in [2.24, 2.45) is 4.99 Å². The van der Waals surface area contributed by atoms with E-state index in [1.807, 2.05) is 30.5 Å². The third-order valence-electron chi connectivity index (χ3n) is 5.03. The first-order chi connectivity index (χ1) is 15.6. The third kappa shape index (κ3) is 5.15. The lowest BCUT2D eigenvalue weighted by Crippen LogP contribution is -2.37. The van der Waals surface area contributed by atoms with Crippen LogP contribution in [0.25, 0.3) is 10.9 Å². The quantitative estimate of drug-likeness (QED) is 0.261. The fraction of sp³-hybridized carbons (Fsp3) is 0.167. The van der Waals surface area contributed by atoms with Crippen molar-refractivity contribution in [3.8, 4) is 0 Å². The third-order valence-corrected chi connectivity index (χ3v) is 5.03. The lowest BCUT2D eigenvalue weighted by Gasteiger charge is -2.12. The van der Waals surface area contributed by atoms with E-state index < -0.39 is 0 Å². The summed E-state index contributed by atoms with van der Waals surface area (Å²) in [4.78, 5) is 19.5. The van der Waals surface area contributed by atoms with Crippen LogP contribution in [0.4, 0.5) is 10.1 Å². The number of halogens is 1. The molecular weight excluding hydrogens is 409 g/mol. The second-order valence-corrected chi connectivity index (χ2v) is 7.24. The van der Waals surface area contributed by atoms with Crippen LogP contribution in [0.15, 0.2) is 76.5 Å². The van der Waals surface area contributed by atoms with Gasteiger partial charge in [0.1, 0.15) is 5.82 Å². The summed E-state index contributed by atoms with van der Waals surface area (Å²) < 4.78 is 18.5. The van der Waals surface area contributed by atoms with Gasteiger partial charge in [-0.25, -0.2) is 4.39 Å². The highest BCUT2D eigenvalue weighted by Crippen LogP contribution is 2.19. The Kier molecular flexibility index (Phi) is 6.50. The van der Waals surface area contributed by atoms with Gasteiger partial charge in [-0.3, -0.25) is 9.79 Å². The molecule has 0 saturated carbocycles. The number of furan rings is 1. The van der Waals surface area contributed by atoms with Crippen molar-refractivity contribution >= 4 is 28.5 Å². The summed E-state index contributed by atoms with van der Waals surface area (Å²) in [5.74, 6) is 0.384. The number of fused-ring (bicyclic) bond motifs is 1. The van der Waals surface area contributed by atoms with Gasteiger partial charge in [-0.1, -0.05) is 12.1 Å². The van der Waals surface area contributed by atoms with Crippen molar-refractivity contribution in [1.82, 2.24) is 15.6 Å². The Bertz CT molecular complexity index is 1230. The number of hydrogen-bond donors (Lipinski definition) is 4. The Balaban J connectivity index is 1.28. The van der Waals surface area contributed by atoms with Gasteiger partial charge in [-0.05, 0) is 60.0 Å². The first-order valence-corrected chi connectivity index (χ1v) is 10.3. The second-order valence-electron chi connectivity index (χ2n) is 7.24. The Labute approximate surface area is 184 Å². The van der Waals surface area contributed by atoms with Crippen molar-refractivity contribution in [2.75, 3.05) is 18.9 Å². The second kappa shape index (κ2) is 9.82. The van der Waals surface area contributed by atoms with Gasteiger partial charge >= 0.3 is 0 Å². The van der Waals surface area contributed by atoms with E-state index in [4.69, 9.17) is 4.42 Å². The molecule has 2 heterocycles. The lowest BCUT2D eigenvalue weighted by atomic mass is 10.1. The molecule has 0 unspecified atom stereocenters. The van der Waals surface area contributed by atoms with Crippen molar-refractivity contribution in [1.29, 1.82) is 0 Å². The largest absolute Gasteiger partial charge is 0.459 e. The van der Waals surface area contributed by atoms with E-state index in [0.717, 1.165) is 28.5 Å². The summed E-state index contributed by atoms with van der Waals surface area (Å²) in [5, 5.41) is 10.4. The lowest BCUT2D eigenvalue weighted by molar-refractivity contribution is 0.0996. The molecule has 0 aliphatic rings. The average Bonchev–Trinajstić information content (AvgIpc) is 3.47. The monoisotopic (exact) mass is 433 g/mol. The zero-order chi connectivity index (χ0) is 22.3. The summed E-state index contributed by atoms with van der Waals surface area (Å²) in [5.41, 5.74) is 3.58. The molecule has 0 spiro atoms. The number of nitrogens with zero attached hydrogens (tertiary/aromatic N) is 1. The number of H-pyrrole nitrogens is 1. The van der Waals surface area contributed by atoms with Gasteiger partial charge in [0, 0.05) is 42.9 Å². The minimum atomic E-state index is -0.294. The number of nitrogens with one attached hydrogen (secondary N) is 4. The summed E-state index contributed by atoms with van der Waals surface area (Å²) in [6.45, 7) is 1.21. The van der Waals surface area contributed by atoms with Crippen LogP contribution in [0, 0.1) is 5.82 Å². The zero-order valence-electron chi connectivity index (χ0n) is 17.6. The van der Waals surface area contributed by atoms with E-state index in [1.165, 1.54) is 18.4 Å². The van der Waals surface area contributed by atoms with Gasteiger partial charge < -0.3 is 25.4 Å². The number of benzene rings is 2. The molecule has 8 heteroatoms. The van der Waals surface area contributed by atoms with E-state index in [2.05, 4.69) is 25.9 Å². The van der Waals surface area contributed by atoms with Gasteiger partial charge in [-0.15, -0.1) is 0 Å². The maximum atomic E-state index is 13.3. The molecule has 2 aromatic heterocycles. The maximum absolute atomic E-state index is 13.3. The number of anilines is 1. The van der Waals surface area contributed by atoms with Crippen molar-refractivity contribution in [2.45, 2.75) is 13.0 Å². The molecule has 0 saturated heterocycles. The Morgan fingerprint density at radius 3 is 2.84 bits per heavy atom. The standard InChI is InChI=1S/C24H24FN5O2/c1-26-24(27-10-9-17-15-28-21-13-18(25)7-8-20(17)21)29-14-16-4-2-5-19(12-16)30-23(31)22-6-3-11-32-22/h2-8,11-13,15,28H,9-10,14H2,1H3,(H,30,31)(H2,26,27,29). The van der Waals surface area contributed by atoms with Crippen molar-refractivity contribution in [3.05, 3.63) is 89.8 Å². The van der Waals surface area contributed by atoms with E-state index in [0.29, 0.717) is 24.7 Å². The van der Waals surface area contributed by atoms with Crippen LogP contribution in [0.3, 0.4) is 0 Å². The molecule has 32 heavy (non-hydrogen) atoms.